The second-order valence-electron chi connectivity index (χ2n) is 5.30. The second-order valence-corrected chi connectivity index (χ2v) is 5.30. The van der Waals surface area contributed by atoms with Gasteiger partial charge < -0.3 is 9.84 Å². The lowest BCUT2D eigenvalue weighted by Gasteiger charge is -2.38. The largest absolute Gasteiger partial charge is 0.390 e. The fourth-order valence-electron chi connectivity index (χ4n) is 2.21. The van der Waals surface area contributed by atoms with Crippen molar-refractivity contribution >= 4 is 0 Å². The number of rotatable bonds is 4. The monoisotopic (exact) mass is 254 g/mol. The molecule has 0 aromatic rings. The van der Waals surface area contributed by atoms with E-state index in [2.05, 4.69) is 0 Å². The summed E-state index contributed by atoms with van der Waals surface area (Å²) in [7, 11) is 0. The van der Waals surface area contributed by atoms with Gasteiger partial charge in [0.05, 0.1) is 11.7 Å². The smallest absolute Gasteiger partial charge is 0.389 e. The van der Waals surface area contributed by atoms with Crippen LogP contribution in [0.5, 0.6) is 0 Å². The van der Waals surface area contributed by atoms with Crippen LogP contribution in [-0.4, -0.2) is 29.6 Å². The third-order valence-corrected chi connectivity index (χ3v) is 3.33. The SMILES string of the molecule is CC(C)C1CC(O)(CCCC(F)(F)F)CCO1. The van der Waals surface area contributed by atoms with Crippen molar-refractivity contribution in [3.05, 3.63) is 0 Å². The number of hydrogen-bond acceptors (Lipinski definition) is 2. The lowest BCUT2D eigenvalue weighted by Crippen LogP contribution is -2.42. The van der Waals surface area contributed by atoms with Gasteiger partial charge in [-0.25, -0.2) is 0 Å². The van der Waals surface area contributed by atoms with Crippen molar-refractivity contribution in [3.63, 3.8) is 0 Å². The van der Waals surface area contributed by atoms with Crippen LogP contribution in [0.4, 0.5) is 13.2 Å². The van der Waals surface area contributed by atoms with Gasteiger partial charge in [0.15, 0.2) is 0 Å². The maximum absolute atomic E-state index is 12.0. The molecule has 0 radical (unpaired) electrons. The van der Waals surface area contributed by atoms with Gasteiger partial charge in [0.25, 0.3) is 0 Å². The van der Waals surface area contributed by atoms with E-state index in [-0.39, 0.29) is 24.9 Å². The summed E-state index contributed by atoms with van der Waals surface area (Å²) in [6.07, 6.45) is -3.90. The molecule has 17 heavy (non-hydrogen) atoms. The Hall–Kier alpha value is -0.290. The molecule has 1 rings (SSSR count). The van der Waals surface area contributed by atoms with Gasteiger partial charge in [-0.05, 0) is 25.2 Å². The van der Waals surface area contributed by atoms with Crippen molar-refractivity contribution in [2.24, 2.45) is 5.92 Å². The number of halogens is 3. The molecule has 0 aromatic carbocycles. The molecule has 0 bridgehead atoms. The first kappa shape index (κ1) is 14.8. The zero-order chi connectivity index (χ0) is 13.1. The molecule has 2 atom stereocenters. The zero-order valence-corrected chi connectivity index (χ0v) is 10.4. The van der Waals surface area contributed by atoms with Crippen molar-refractivity contribution in [1.82, 2.24) is 0 Å². The van der Waals surface area contributed by atoms with E-state index in [4.69, 9.17) is 4.74 Å². The first-order chi connectivity index (χ1) is 7.72. The first-order valence-corrected chi connectivity index (χ1v) is 6.13. The summed E-state index contributed by atoms with van der Waals surface area (Å²) in [5.41, 5.74) is -0.974. The predicted molar refractivity (Wildman–Crippen MR) is 58.7 cm³/mol. The van der Waals surface area contributed by atoms with Gasteiger partial charge in [0, 0.05) is 19.4 Å². The molecule has 0 spiro atoms. The number of alkyl halides is 3. The molecular weight excluding hydrogens is 233 g/mol. The minimum atomic E-state index is -4.13. The molecule has 2 nitrogen and oxygen atoms in total. The van der Waals surface area contributed by atoms with Gasteiger partial charge in [-0.1, -0.05) is 13.8 Å². The van der Waals surface area contributed by atoms with Crippen molar-refractivity contribution < 1.29 is 23.0 Å². The van der Waals surface area contributed by atoms with Crippen molar-refractivity contribution in [2.45, 2.75) is 63.8 Å². The lowest BCUT2D eigenvalue weighted by molar-refractivity contribution is -0.145. The van der Waals surface area contributed by atoms with Crippen LogP contribution in [0, 0.1) is 5.92 Å². The third-order valence-electron chi connectivity index (χ3n) is 3.33. The maximum atomic E-state index is 12.0. The molecule has 0 aliphatic carbocycles. The Labute approximate surface area is 100 Å². The highest BCUT2D eigenvalue weighted by Crippen LogP contribution is 2.34. The Morgan fingerprint density at radius 2 is 2.06 bits per heavy atom. The van der Waals surface area contributed by atoms with Gasteiger partial charge in [-0.2, -0.15) is 13.2 Å². The predicted octanol–water partition coefficient (Wildman–Crippen LogP) is 3.29. The summed E-state index contributed by atoms with van der Waals surface area (Å²) in [6, 6.07) is 0. The van der Waals surface area contributed by atoms with Gasteiger partial charge in [0.1, 0.15) is 0 Å². The second kappa shape index (κ2) is 5.57. The molecule has 1 heterocycles. The summed E-state index contributed by atoms with van der Waals surface area (Å²) in [6.45, 7) is 4.42. The van der Waals surface area contributed by atoms with E-state index in [1.165, 1.54) is 0 Å². The van der Waals surface area contributed by atoms with E-state index in [0.717, 1.165) is 0 Å². The Morgan fingerprint density at radius 3 is 2.59 bits per heavy atom. The van der Waals surface area contributed by atoms with Crippen LogP contribution in [0.1, 0.15) is 46.0 Å². The summed E-state index contributed by atoms with van der Waals surface area (Å²) in [5, 5.41) is 10.2. The highest BCUT2D eigenvalue weighted by Gasteiger charge is 2.37. The van der Waals surface area contributed by atoms with Crippen LogP contribution in [0.25, 0.3) is 0 Å². The van der Waals surface area contributed by atoms with Crippen LogP contribution >= 0.6 is 0 Å². The molecule has 1 N–H and O–H groups in total. The van der Waals surface area contributed by atoms with Gasteiger partial charge in [-0.15, -0.1) is 0 Å². The Kier molecular flexibility index (Phi) is 4.84. The lowest BCUT2D eigenvalue weighted by atomic mass is 9.83. The Balaban J connectivity index is 2.40. The molecule has 1 aliphatic heterocycles. The van der Waals surface area contributed by atoms with Crippen molar-refractivity contribution in [2.75, 3.05) is 6.61 Å². The Morgan fingerprint density at radius 1 is 1.41 bits per heavy atom. The molecule has 1 fully saturated rings. The van der Waals surface area contributed by atoms with Crippen molar-refractivity contribution in [3.8, 4) is 0 Å². The average Bonchev–Trinajstić information content (AvgIpc) is 2.15. The standard InChI is InChI=1S/C12H21F3O2/c1-9(2)10-8-11(16,6-7-17-10)4-3-5-12(13,14)15/h9-10,16H,3-8H2,1-2H3. The molecule has 102 valence electrons. The van der Waals surface area contributed by atoms with Gasteiger partial charge in [-0.3, -0.25) is 0 Å². The number of ether oxygens (including phenoxy) is 1. The third kappa shape index (κ3) is 5.25. The van der Waals surface area contributed by atoms with E-state index >= 15 is 0 Å². The minimum Gasteiger partial charge on any atom is -0.390 e. The molecule has 5 heteroatoms. The van der Waals surface area contributed by atoms with Crippen molar-refractivity contribution in [1.29, 1.82) is 0 Å². The normalized spacial score (nSPS) is 30.9. The molecule has 0 saturated carbocycles. The number of aliphatic hydroxyl groups is 1. The zero-order valence-electron chi connectivity index (χ0n) is 10.4. The van der Waals surface area contributed by atoms with Crippen LogP contribution in [0.15, 0.2) is 0 Å². The fraction of sp³-hybridized carbons (Fsp3) is 1.00. The van der Waals surface area contributed by atoms with E-state index in [0.29, 0.717) is 19.4 Å². The van der Waals surface area contributed by atoms with E-state index in [1.54, 1.807) is 0 Å². The van der Waals surface area contributed by atoms with Crippen LogP contribution in [-0.2, 0) is 4.74 Å². The Bertz CT molecular complexity index is 240. The van der Waals surface area contributed by atoms with Crippen LogP contribution in [0.3, 0.4) is 0 Å². The summed E-state index contributed by atoms with van der Waals surface area (Å²) in [5.74, 6) is 0.282. The molecule has 0 aromatic heterocycles. The molecule has 0 amide bonds. The summed E-state index contributed by atoms with van der Waals surface area (Å²) < 4.78 is 41.6. The van der Waals surface area contributed by atoms with E-state index < -0.39 is 18.2 Å². The molecule has 2 unspecified atom stereocenters. The average molecular weight is 254 g/mol. The topological polar surface area (TPSA) is 29.5 Å². The summed E-state index contributed by atoms with van der Waals surface area (Å²) in [4.78, 5) is 0. The number of hydrogen-bond donors (Lipinski definition) is 1. The highest BCUT2D eigenvalue weighted by molar-refractivity contribution is 4.87. The summed E-state index contributed by atoms with van der Waals surface area (Å²) >= 11 is 0. The maximum Gasteiger partial charge on any atom is 0.389 e. The molecule has 1 saturated heterocycles. The van der Waals surface area contributed by atoms with Crippen LogP contribution < -0.4 is 0 Å². The van der Waals surface area contributed by atoms with Gasteiger partial charge >= 0.3 is 6.18 Å². The quantitative estimate of drug-likeness (QED) is 0.834. The van der Waals surface area contributed by atoms with Crippen LogP contribution in [0.2, 0.25) is 0 Å². The first-order valence-electron chi connectivity index (χ1n) is 6.13. The fourth-order valence-corrected chi connectivity index (χ4v) is 2.21. The molecule has 1 aliphatic rings. The van der Waals surface area contributed by atoms with E-state index in [1.807, 2.05) is 13.8 Å². The van der Waals surface area contributed by atoms with E-state index in [9.17, 15) is 18.3 Å². The molecular formula is C12H21F3O2. The highest BCUT2D eigenvalue weighted by atomic mass is 19.4. The minimum absolute atomic E-state index is 0.00911. The van der Waals surface area contributed by atoms with Gasteiger partial charge in [0.2, 0.25) is 0 Å².